The summed E-state index contributed by atoms with van der Waals surface area (Å²) >= 11 is 0. The maximum absolute atomic E-state index is 4.45. The van der Waals surface area contributed by atoms with Gasteiger partial charge < -0.3 is 10.6 Å². The summed E-state index contributed by atoms with van der Waals surface area (Å²) in [6.07, 6.45) is 6.82. The first-order chi connectivity index (χ1) is 11.2. The van der Waals surface area contributed by atoms with Crippen molar-refractivity contribution in [2.45, 2.75) is 6.92 Å². The Kier molecular flexibility index (Phi) is 4.41. The van der Waals surface area contributed by atoms with Gasteiger partial charge in [-0.2, -0.15) is 5.10 Å². The highest BCUT2D eigenvalue weighted by Gasteiger charge is 2.07. The molecule has 8 nitrogen and oxygen atoms in total. The van der Waals surface area contributed by atoms with E-state index in [1.165, 1.54) is 6.33 Å². The molecule has 23 heavy (non-hydrogen) atoms. The van der Waals surface area contributed by atoms with E-state index in [1.807, 2.05) is 32.3 Å². The van der Waals surface area contributed by atoms with Crippen molar-refractivity contribution in [3.05, 3.63) is 42.6 Å². The standard InChI is InChI=1S/C15H18N8/c1-11-9-16-5-3-12(11)17-7-8-19-15-18-6-4-13(22-15)14-20-10-21-23(14)2/h3-6,9-10H,7-8H2,1-2H3,(H,16,17)(H,18,19,22). The fraction of sp³-hybridized carbons (Fsp3) is 0.267. The fourth-order valence-corrected chi connectivity index (χ4v) is 2.14. The fourth-order valence-electron chi connectivity index (χ4n) is 2.14. The van der Waals surface area contributed by atoms with E-state index in [2.05, 4.69) is 35.7 Å². The van der Waals surface area contributed by atoms with E-state index in [-0.39, 0.29) is 0 Å². The average molecular weight is 310 g/mol. The molecule has 3 aromatic rings. The van der Waals surface area contributed by atoms with Crippen molar-refractivity contribution >= 4 is 11.6 Å². The zero-order chi connectivity index (χ0) is 16.1. The molecule has 3 rings (SSSR count). The molecule has 0 aromatic carbocycles. The SMILES string of the molecule is Cc1cnccc1NCCNc1nccc(-c2ncnn2C)n1. The quantitative estimate of drug-likeness (QED) is 0.666. The second-order valence-electron chi connectivity index (χ2n) is 5.02. The minimum atomic E-state index is 0.568. The maximum Gasteiger partial charge on any atom is 0.223 e. The predicted molar refractivity (Wildman–Crippen MR) is 88.0 cm³/mol. The summed E-state index contributed by atoms with van der Waals surface area (Å²) in [7, 11) is 1.83. The van der Waals surface area contributed by atoms with Gasteiger partial charge in [0.25, 0.3) is 0 Å². The van der Waals surface area contributed by atoms with Gasteiger partial charge in [-0.3, -0.25) is 4.98 Å². The predicted octanol–water partition coefficient (Wildman–Crippen LogP) is 1.50. The van der Waals surface area contributed by atoms with Crippen LogP contribution in [0.15, 0.2) is 37.1 Å². The van der Waals surface area contributed by atoms with Crippen LogP contribution < -0.4 is 10.6 Å². The summed E-state index contributed by atoms with van der Waals surface area (Å²) in [5.41, 5.74) is 2.93. The molecule has 0 aliphatic rings. The van der Waals surface area contributed by atoms with Crippen LogP contribution in [0.3, 0.4) is 0 Å². The normalized spacial score (nSPS) is 10.5. The van der Waals surface area contributed by atoms with Gasteiger partial charge in [0.1, 0.15) is 12.0 Å². The summed E-state index contributed by atoms with van der Waals surface area (Å²) in [5.74, 6) is 1.28. The van der Waals surface area contributed by atoms with Crippen LogP contribution in [-0.4, -0.2) is 42.8 Å². The number of aromatic nitrogens is 6. The van der Waals surface area contributed by atoms with E-state index in [0.29, 0.717) is 18.3 Å². The van der Waals surface area contributed by atoms with E-state index in [1.54, 1.807) is 17.1 Å². The summed E-state index contributed by atoms with van der Waals surface area (Å²) in [4.78, 5) is 16.9. The molecule has 0 saturated heterocycles. The zero-order valence-electron chi connectivity index (χ0n) is 13.1. The summed E-state index contributed by atoms with van der Waals surface area (Å²) in [6, 6.07) is 3.77. The summed E-state index contributed by atoms with van der Waals surface area (Å²) in [5, 5.41) is 10.6. The molecule has 0 unspecified atom stereocenters. The Bertz CT molecular complexity index is 782. The Hall–Kier alpha value is -3.03. The van der Waals surface area contributed by atoms with Crippen LogP contribution >= 0.6 is 0 Å². The Labute approximate surface area is 134 Å². The number of hydrogen-bond acceptors (Lipinski definition) is 7. The molecule has 0 aliphatic heterocycles. The number of pyridine rings is 1. The van der Waals surface area contributed by atoms with Crippen molar-refractivity contribution < 1.29 is 0 Å². The van der Waals surface area contributed by atoms with E-state index < -0.39 is 0 Å². The topological polar surface area (TPSA) is 93.4 Å². The van der Waals surface area contributed by atoms with E-state index >= 15 is 0 Å². The highest BCUT2D eigenvalue weighted by molar-refractivity contribution is 5.51. The highest BCUT2D eigenvalue weighted by atomic mass is 15.3. The molecule has 118 valence electrons. The van der Waals surface area contributed by atoms with Crippen molar-refractivity contribution in [2.75, 3.05) is 23.7 Å². The number of anilines is 2. The molecule has 3 heterocycles. The van der Waals surface area contributed by atoms with Gasteiger partial charge >= 0.3 is 0 Å². The molecule has 8 heteroatoms. The second kappa shape index (κ2) is 6.82. The van der Waals surface area contributed by atoms with Gasteiger partial charge in [-0.25, -0.2) is 19.6 Å². The number of rotatable bonds is 6. The van der Waals surface area contributed by atoms with Crippen LogP contribution in [0.5, 0.6) is 0 Å². The molecular weight excluding hydrogens is 292 g/mol. The van der Waals surface area contributed by atoms with Crippen LogP contribution in [0.2, 0.25) is 0 Å². The number of nitrogens with zero attached hydrogens (tertiary/aromatic N) is 6. The first-order valence-corrected chi connectivity index (χ1v) is 7.30. The summed E-state index contributed by atoms with van der Waals surface area (Å²) < 4.78 is 1.68. The molecule has 0 saturated carbocycles. The van der Waals surface area contributed by atoms with Gasteiger partial charge in [0.05, 0.1) is 0 Å². The highest BCUT2D eigenvalue weighted by Crippen LogP contribution is 2.13. The summed E-state index contributed by atoms with van der Waals surface area (Å²) in [6.45, 7) is 3.47. The molecule has 0 bridgehead atoms. The maximum atomic E-state index is 4.45. The zero-order valence-corrected chi connectivity index (χ0v) is 13.1. The lowest BCUT2D eigenvalue weighted by Gasteiger charge is -2.10. The smallest absolute Gasteiger partial charge is 0.223 e. The molecule has 0 spiro atoms. The van der Waals surface area contributed by atoms with Crippen LogP contribution in [0, 0.1) is 6.92 Å². The molecular formula is C15H18N8. The molecule has 0 aliphatic carbocycles. The van der Waals surface area contributed by atoms with Gasteiger partial charge in [0.15, 0.2) is 5.82 Å². The van der Waals surface area contributed by atoms with E-state index in [4.69, 9.17) is 0 Å². The van der Waals surface area contributed by atoms with Crippen LogP contribution in [-0.2, 0) is 7.05 Å². The van der Waals surface area contributed by atoms with Gasteiger partial charge in [-0.05, 0) is 24.6 Å². The van der Waals surface area contributed by atoms with E-state index in [0.717, 1.165) is 23.5 Å². The lowest BCUT2D eigenvalue weighted by molar-refractivity contribution is 0.771. The Morgan fingerprint density at radius 1 is 1.09 bits per heavy atom. The lowest BCUT2D eigenvalue weighted by atomic mass is 10.2. The third-order valence-electron chi connectivity index (χ3n) is 3.34. The number of aryl methyl sites for hydroxylation is 2. The third kappa shape index (κ3) is 3.60. The van der Waals surface area contributed by atoms with Crippen molar-refractivity contribution in [3.8, 4) is 11.5 Å². The van der Waals surface area contributed by atoms with E-state index in [9.17, 15) is 0 Å². The molecule has 2 N–H and O–H groups in total. The number of nitrogens with one attached hydrogen (secondary N) is 2. The Balaban J connectivity index is 1.57. The van der Waals surface area contributed by atoms with Crippen molar-refractivity contribution in [1.82, 2.24) is 29.7 Å². The first-order valence-electron chi connectivity index (χ1n) is 7.30. The average Bonchev–Trinajstić information content (AvgIpc) is 2.99. The minimum absolute atomic E-state index is 0.568. The van der Waals surface area contributed by atoms with Crippen molar-refractivity contribution in [1.29, 1.82) is 0 Å². The third-order valence-corrected chi connectivity index (χ3v) is 3.34. The molecule has 0 atom stereocenters. The largest absolute Gasteiger partial charge is 0.383 e. The number of hydrogen-bond donors (Lipinski definition) is 2. The molecule has 0 radical (unpaired) electrons. The molecule has 0 amide bonds. The second-order valence-corrected chi connectivity index (χ2v) is 5.02. The first kappa shape index (κ1) is 14.9. The van der Waals surface area contributed by atoms with Crippen LogP contribution in [0.1, 0.15) is 5.56 Å². The molecule has 0 fully saturated rings. The van der Waals surface area contributed by atoms with Crippen molar-refractivity contribution in [3.63, 3.8) is 0 Å². The monoisotopic (exact) mass is 310 g/mol. The van der Waals surface area contributed by atoms with Crippen LogP contribution in [0.4, 0.5) is 11.6 Å². The Morgan fingerprint density at radius 3 is 2.74 bits per heavy atom. The van der Waals surface area contributed by atoms with Gasteiger partial charge in [-0.15, -0.1) is 0 Å². The molecule has 3 aromatic heterocycles. The van der Waals surface area contributed by atoms with Crippen LogP contribution in [0.25, 0.3) is 11.5 Å². The van der Waals surface area contributed by atoms with Crippen molar-refractivity contribution in [2.24, 2.45) is 7.05 Å². The lowest BCUT2D eigenvalue weighted by Crippen LogP contribution is -2.15. The minimum Gasteiger partial charge on any atom is -0.383 e. The Morgan fingerprint density at radius 2 is 1.96 bits per heavy atom. The van der Waals surface area contributed by atoms with Gasteiger partial charge in [0, 0.05) is 44.4 Å². The van der Waals surface area contributed by atoms with Gasteiger partial charge in [-0.1, -0.05) is 0 Å². The van der Waals surface area contributed by atoms with Gasteiger partial charge in [0.2, 0.25) is 5.95 Å².